The number of hydrogen-bond donors (Lipinski definition) is 1. The van der Waals surface area contributed by atoms with Gasteiger partial charge in [-0.25, -0.2) is 13.2 Å². The molecule has 0 aromatic heterocycles. The second kappa shape index (κ2) is 7.96. The Bertz CT molecular complexity index is 653. The summed E-state index contributed by atoms with van der Waals surface area (Å²) in [5.74, 6) is -0.724. The Balaban J connectivity index is 2.91. The fourth-order valence-electron chi connectivity index (χ4n) is 1.97. The van der Waals surface area contributed by atoms with E-state index in [9.17, 15) is 18.0 Å². The lowest BCUT2D eigenvalue weighted by Gasteiger charge is -2.22. The molecule has 0 fully saturated rings. The fraction of sp³-hybridized carbons (Fsp3) is 0.467. The normalized spacial score (nSPS) is 11.2. The predicted octanol–water partition coefficient (Wildman–Crippen LogP) is 1.15. The fourth-order valence-corrected chi connectivity index (χ4v) is 2.89. The summed E-state index contributed by atoms with van der Waals surface area (Å²) >= 11 is 0. The molecular formula is C15H22N2O5S. The van der Waals surface area contributed by atoms with Crippen LogP contribution in [0.5, 0.6) is 0 Å². The van der Waals surface area contributed by atoms with Crippen molar-refractivity contribution in [2.45, 2.75) is 26.3 Å². The molecule has 0 aliphatic carbocycles. The summed E-state index contributed by atoms with van der Waals surface area (Å²) in [6, 6.07) is 5.97. The van der Waals surface area contributed by atoms with Gasteiger partial charge in [-0.15, -0.1) is 0 Å². The smallest absolute Gasteiger partial charge is 0.337 e. The molecule has 8 heteroatoms. The molecule has 0 aliphatic heterocycles. The van der Waals surface area contributed by atoms with Crippen molar-refractivity contribution in [3.8, 4) is 0 Å². The van der Waals surface area contributed by atoms with Crippen molar-refractivity contribution in [2.75, 3.05) is 24.2 Å². The van der Waals surface area contributed by atoms with E-state index in [4.69, 9.17) is 0 Å². The molecule has 1 rings (SSSR count). The Morgan fingerprint density at radius 2 is 1.78 bits per heavy atom. The average Bonchev–Trinajstić information content (AvgIpc) is 2.45. The van der Waals surface area contributed by atoms with Gasteiger partial charge in [-0.2, -0.15) is 0 Å². The molecule has 1 amide bonds. The van der Waals surface area contributed by atoms with E-state index < -0.39 is 16.0 Å². The largest absolute Gasteiger partial charge is 0.465 e. The van der Waals surface area contributed by atoms with Crippen LogP contribution in [0.4, 0.5) is 5.69 Å². The van der Waals surface area contributed by atoms with Gasteiger partial charge in [-0.05, 0) is 38.1 Å². The lowest BCUT2D eigenvalue weighted by atomic mass is 10.2. The van der Waals surface area contributed by atoms with Crippen molar-refractivity contribution in [2.24, 2.45) is 0 Å². The van der Waals surface area contributed by atoms with E-state index >= 15 is 0 Å². The number of nitrogens with one attached hydrogen (secondary N) is 1. The molecule has 1 aromatic rings. The summed E-state index contributed by atoms with van der Waals surface area (Å²) < 4.78 is 29.6. The van der Waals surface area contributed by atoms with E-state index in [1.165, 1.54) is 31.4 Å². The van der Waals surface area contributed by atoms with E-state index in [1.54, 1.807) is 0 Å². The number of methoxy groups -OCH3 is 1. The van der Waals surface area contributed by atoms with Crippen molar-refractivity contribution in [3.05, 3.63) is 29.8 Å². The summed E-state index contributed by atoms with van der Waals surface area (Å²) in [6.45, 7) is 3.69. The number of amides is 1. The highest BCUT2D eigenvalue weighted by Crippen LogP contribution is 2.19. The molecule has 0 saturated heterocycles. The maximum absolute atomic E-state index is 11.9. The number of carbonyl (C=O) groups excluding carboxylic acids is 2. The number of rotatable bonds is 7. The number of hydrogen-bond acceptors (Lipinski definition) is 5. The number of anilines is 1. The van der Waals surface area contributed by atoms with Crippen LogP contribution in [0.15, 0.2) is 24.3 Å². The molecule has 0 spiro atoms. The Kier molecular flexibility index (Phi) is 6.56. The zero-order valence-corrected chi connectivity index (χ0v) is 14.5. The zero-order valence-electron chi connectivity index (χ0n) is 13.7. The Hall–Kier alpha value is -2.09. The van der Waals surface area contributed by atoms with Gasteiger partial charge in [0, 0.05) is 19.0 Å². The summed E-state index contributed by atoms with van der Waals surface area (Å²) in [7, 11) is -2.27. The van der Waals surface area contributed by atoms with Gasteiger partial charge >= 0.3 is 5.97 Å². The topological polar surface area (TPSA) is 92.8 Å². The molecule has 0 bridgehead atoms. The molecule has 0 heterocycles. The highest BCUT2D eigenvalue weighted by atomic mass is 32.2. The molecule has 7 nitrogen and oxygen atoms in total. The van der Waals surface area contributed by atoms with Crippen LogP contribution in [0, 0.1) is 0 Å². The van der Waals surface area contributed by atoms with Gasteiger partial charge in [0.2, 0.25) is 15.9 Å². The zero-order chi connectivity index (χ0) is 17.6. The lowest BCUT2D eigenvalue weighted by molar-refractivity contribution is -0.121. The number of carbonyl (C=O) groups is 2. The molecule has 23 heavy (non-hydrogen) atoms. The van der Waals surface area contributed by atoms with Gasteiger partial charge in [0.05, 0.1) is 24.6 Å². The van der Waals surface area contributed by atoms with Crippen LogP contribution in [0.3, 0.4) is 0 Å². The molecule has 1 aromatic carbocycles. The SMILES string of the molecule is COC(=O)c1ccc(N(CCC(=O)NC(C)C)S(C)(=O)=O)cc1. The van der Waals surface area contributed by atoms with Crippen molar-refractivity contribution < 1.29 is 22.7 Å². The number of nitrogens with zero attached hydrogens (tertiary/aromatic N) is 1. The van der Waals surface area contributed by atoms with Crippen LogP contribution in [0.1, 0.15) is 30.6 Å². The summed E-state index contributed by atoms with van der Waals surface area (Å²) in [5, 5.41) is 2.71. The first-order valence-electron chi connectivity index (χ1n) is 7.10. The monoisotopic (exact) mass is 342 g/mol. The Morgan fingerprint density at radius 1 is 1.22 bits per heavy atom. The van der Waals surface area contributed by atoms with Crippen molar-refractivity contribution in [3.63, 3.8) is 0 Å². The van der Waals surface area contributed by atoms with E-state index in [1.807, 2.05) is 13.8 Å². The van der Waals surface area contributed by atoms with E-state index in [2.05, 4.69) is 10.1 Å². The van der Waals surface area contributed by atoms with Crippen LogP contribution in [0.2, 0.25) is 0 Å². The van der Waals surface area contributed by atoms with E-state index in [0.29, 0.717) is 11.3 Å². The molecule has 0 radical (unpaired) electrons. The molecule has 128 valence electrons. The first-order chi connectivity index (χ1) is 10.6. The number of ether oxygens (including phenoxy) is 1. The van der Waals surface area contributed by atoms with Gasteiger partial charge in [-0.3, -0.25) is 9.10 Å². The van der Waals surface area contributed by atoms with Crippen LogP contribution in [-0.4, -0.2) is 46.2 Å². The van der Waals surface area contributed by atoms with Gasteiger partial charge < -0.3 is 10.1 Å². The van der Waals surface area contributed by atoms with Gasteiger partial charge in [0.25, 0.3) is 0 Å². The number of esters is 1. The molecule has 0 aliphatic rings. The van der Waals surface area contributed by atoms with Crippen molar-refractivity contribution in [1.29, 1.82) is 0 Å². The maximum atomic E-state index is 11.9. The Morgan fingerprint density at radius 3 is 2.22 bits per heavy atom. The molecule has 1 N–H and O–H groups in total. The standard InChI is InChI=1S/C15H22N2O5S/c1-11(2)16-14(18)9-10-17(23(4,20)21)13-7-5-12(6-8-13)15(19)22-3/h5-8,11H,9-10H2,1-4H3,(H,16,18). The van der Waals surface area contributed by atoms with Crippen LogP contribution in [0.25, 0.3) is 0 Å². The summed E-state index contributed by atoms with van der Waals surface area (Å²) in [6.07, 6.45) is 1.12. The quantitative estimate of drug-likeness (QED) is 0.751. The minimum absolute atomic E-state index is 0.00600. The molecule has 0 saturated carbocycles. The Labute approximate surface area is 136 Å². The van der Waals surface area contributed by atoms with Crippen molar-refractivity contribution in [1.82, 2.24) is 5.32 Å². The minimum Gasteiger partial charge on any atom is -0.465 e. The van der Waals surface area contributed by atoms with Gasteiger partial charge in [-0.1, -0.05) is 0 Å². The first kappa shape index (κ1) is 19.0. The van der Waals surface area contributed by atoms with E-state index in [0.717, 1.165) is 10.6 Å². The second-order valence-electron chi connectivity index (χ2n) is 5.35. The number of sulfonamides is 1. The third-order valence-corrected chi connectivity index (χ3v) is 4.16. The van der Waals surface area contributed by atoms with Crippen molar-refractivity contribution >= 4 is 27.6 Å². The minimum atomic E-state index is -3.54. The third-order valence-electron chi connectivity index (χ3n) is 2.97. The van der Waals surface area contributed by atoms with Crippen LogP contribution < -0.4 is 9.62 Å². The highest BCUT2D eigenvalue weighted by molar-refractivity contribution is 7.92. The number of benzene rings is 1. The third kappa shape index (κ3) is 5.90. The highest BCUT2D eigenvalue weighted by Gasteiger charge is 2.19. The molecular weight excluding hydrogens is 320 g/mol. The predicted molar refractivity (Wildman–Crippen MR) is 87.9 cm³/mol. The maximum Gasteiger partial charge on any atom is 0.337 e. The second-order valence-corrected chi connectivity index (χ2v) is 7.25. The van der Waals surface area contributed by atoms with Crippen LogP contribution >= 0.6 is 0 Å². The lowest BCUT2D eigenvalue weighted by Crippen LogP contribution is -2.36. The van der Waals surface area contributed by atoms with Crippen LogP contribution in [-0.2, 0) is 19.6 Å². The van der Waals surface area contributed by atoms with E-state index in [-0.39, 0.29) is 24.9 Å². The molecule has 0 unspecified atom stereocenters. The molecule has 0 atom stereocenters. The first-order valence-corrected chi connectivity index (χ1v) is 8.95. The average molecular weight is 342 g/mol. The summed E-state index contributed by atoms with van der Waals surface area (Å²) in [5.41, 5.74) is 0.708. The van der Waals surface area contributed by atoms with Gasteiger partial charge in [0.1, 0.15) is 0 Å². The summed E-state index contributed by atoms with van der Waals surface area (Å²) in [4.78, 5) is 23.1. The van der Waals surface area contributed by atoms with Gasteiger partial charge in [0.15, 0.2) is 0 Å².